The Balaban J connectivity index is 2.21. The zero-order valence-corrected chi connectivity index (χ0v) is 11.0. The highest BCUT2D eigenvalue weighted by atomic mass is 32.2. The normalized spacial score (nSPS) is 10.8. The van der Waals surface area contributed by atoms with Gasteiger partial charge in [-0.05, 0) is 39.7 Å². The first-order chi connectivity index (χ1) is 7.72. The maximum atomic E-state index is 4.17. The first-order valence-electron chi connectivity index (χ1n) is 5.47. The summed E-state index contributed by atoms with van der Waals surface area (Å²) in [5.74, 6) is 0.921. The van der Waals surface area contributed by atoms with Crippen molar-refractivity contribution in [1.82, 2.24) is 14.9 Å². The van der Waals surface area contributed by atoms with Gasteiger partial charge >= 0.3 is 0 Å². The topological polar surface area (TPSA) is 41.0 Å². The van der Waals surface area contributed by atoms with Gasteiger partial charge in [-0.25, -0.2) is 9.97 Å². The number of hydrogen-bond acceptors (Lipinski definition) is 5. The van der Waals surface area contributed by atoms with Crippen LogP contribution in [-0.2, 0) is 0 Å². The van der Waals surface area contributed by atoms with Gasteiger partial charge in [-0.1, -0.05) is 0 Å². The predicted molar refractivity (Wildman–Crippen MR) is 70.1 cm³/mol. The van der Waals surface area contributed by atoms with E-state index in [0.29, 0.717) is 0 Å². The maximum absolute atomic E-state index is 4.17. The van der Waals surface area contributed by atoms with E-state index in [2.05, 4.69) is 34.3 Å². The van der Waals surface area contributed by atoms with Gasteiger partial charge in [0.1, 0.15) is 17.2 Å². The smallest absolute Gasteiger partial charge is 0.130 e. The number of rotatable bonds is 7. The van der Waals surface area contributed by atoms with Crippen LogP contribution in [0, 0.1) is 0 Å². The minimum atomic E-state index is 0.921. The van der Waals surface area contributed by atoms with E-state index in [0.717, 1.165) is 30.4 Å². The van der Waals surface area contributed by atoms with E-state index in [1.54, 1.807) is 18.1 Å². The molecule has 4 nitrogen and oxygen atoms in total. The predicted octanol–water partition coefficient (Wildman–Crippen LogP) is 1.95. The third-order valence-electron chi connectivity index (χ3n) is 2.19. The van der Waals surface area contributed by atoms with Crippen LogP contribution in [0.5, 0.6) is 0 Å². The van der Waals surface area contributed by atoms with Crippen molar-refractivity contribution in [2.75, 3.05) is 38.8 Å². The molecule has 0 fully saturated rings. The zero-order valence-electron chi connectivity index (χ0n) is 10.2. The Kier molecular flexibility index (Phi) is 6.18. The number of thioether (sulfide) groups is 1. The fourth-order valence-electron chi connectivity index (χ4n) is 1.32. The largest absolute Gasteiger partial charge is 0.370 e. The van der Waals surface area contributed by atoms with Gasteiger partial charge in [0.25, 0.3) is 0 Å². The molecule has 0 amide bonds. The van der Waals surface area contributed by atoms with Crippen LogP contribution < -0.4 is 5.32 Å². The van der Waals surface area contributed by atoms with Gasteiger partial charge in [0.05, 0.1) is 0 Å². The minimum absolute atomic E-state index is 0.921. The first kappa shape index (κ1) is 13.3. The SMILES string of the molecule is CSc1cc(NCCCCN(C)C)ncn1. The quantitative estimate of drug-likeness (QED) is 0.448. The van der Waals surface area contributed by atoms with Gasteiger partial charge < -0.3 is 10.2 Å². The molecule has 1 aromatic heterocycles. The van der Waals surface area contributed by atoms with Gasteiger partial charge in [0, 0.05) is 12.6 Å². The van der Waals surface area contributed by atoms with Crippen LogP contribution in [0.25, 0.3) is 0 Å². The van der Waals surface area contributed by atoms with E-state index in [1.807, 2.05) is 12.3 Å². The third kappa shape index (κ3) is 5.32. The summed E-state index contributed by atoms with van der Waals surface area (Å²) in [6, 6.07) is 1.98. The van der Waals surface area contributed by atoms with Crippen molar-refractivity contribution in [3.05, 3.63) is 12.4 Å². The van der Waals surface area contributed by atoms with Crippen molar-refractivity contribution < 1.29 is 0 Å². The fraction of sp³-hybridized carbons (Fsp3) is 0.636. The van der Waals surface area contributed by atoms with Crippen LogP contribution in [0.3, 0.4) is 0 Å². The summed E-state index contributed by atoms with van der Waals surface area (Å²) in [5.41, 5.74) is 0. The van der Waals surface area contributed by atoms with E-state index in [1.165, 1.54) is 6.42 Å². The van der Waals surface area contributed by atoms with Crippen LogP contribution in [0.2, 0.25) is 0 Å². The van der Waals surface area contributed by atoms with Crippen LogP contribution in [0.15, 0.2) is 17.4 Å². The molecular formula is C11H20N4S. The Morgan fingerprint density at radius 1 is 1.31 bits per heavy atom. The van der Waals surface area contributed by atoms with Crippen LogP contribution in [0.4, 0.5) is 5.82 Å². The molecule has 0 saturated carbocycles. The monoisotopic (exact) mass is 240 g/mol. The summed E-state index contributed by atoms with van der Waals surface area (Å²) in [6.07, 6.45) is 5.99. The van der Waals surface area contributed by atoms with Crippen LogP contribution >= 0.6 is 11.8 Å². The Morgan fingerprint density at radius 2 is 2.12 bits per heavy atom. The number of nitrogens with one attached hydrogen (secondary N) is 1. The van der Waals surface area contributed by atoms with Crippen molar-refractivity contribution in [3.63, 3.8) is 0 Å². The van der Waals surface area contributed by atoms with Gasteiger partial charge in [-0.2, -0.15) is 0 Å². The first-order valence-corrected chi connectivity index (χ1v) is 6.69. The third-order valence-corrected chi connectivity index (χ3v) is 2.83. The Bertz CT molecular complexity index is 304. The van der Waals surface area contributed by atoms with Crippen molar-refractivity contribution in [2.24, 2.45) is 0 Å². The summed E-state index contributed by atoms with van der Waals surface area (Å²) in [6.45, 7) is 2.11. The average Bonchev–Trinajstić information content (AvgIpc) is 2.28. The lowest BCUT2D eigenvalue weighted by Crippen LogP contribution is -2.14. The summed E-state index contributed by atoms with van der Waals surface area (Å²) >= 11 is 1.63. The molecule has 0 aliphatic heterocycles. The second-order valence-electron chi connectivity index (χ2n) is 3.88. The molecule has 0 unspecified atom stereocenters. The minimum Gasteiger partial charge on any atom is -0.370 e. The molecule has 1 aromatic rings. The van der Waals surface area contributed by atoms with E-state index in [-0.39, 0.29) is 0 Å². The highest BCUT2D eigenvalue weighted by Gasteiger charge is 1.97. The highest BCUT2D eigenvalue weighted by molar-refractivity contribution is 7.98. The molecule has 0 saturated heterocycles. The van der Waals surface area contributed by atoms with Gasteiger partial charge in [0.15, 0.2) is 0 Å². The summed E-state index contributed by atoms with van der Waals surface area (Å²) in [5, 5.41) is 4.32. The molecule has 0 atom stereocenters. The lowest BCUT2D eigenvalue weighted by Gasteiger charge is -2.09. The van der Waals surface area contributed by atoms with Gasteiger partial charge in [-0.3, -0.25) is 0 Å². The number of anilines is 1. The van der Waals surface area contributed by atoms with Gasteiger partial charge in [0.2, 0.25) is 0 Å². The average molecular weight is 240 g/mol. The highest BCUT2D eigenvalue weighted by Crippen LogP contribution is 2.13. The lowest BCUT2D eigenvalue weighted by atomic mass is 10.3. The molecule has 0 aromatic carbocycles. The Hall–Kier alpha value is -0.810. The van der Waals surface area contributed by atoms with Gasteiger partial charge in [-0.15, -0.1) is 11.8 Å². The molecule has 16 heavy (non-hydrogen) atoms. The molecule has 0 bridgehead atoms. The van der Waals surface area contributed by atoms with E-state index in [4.69, 9.17) is 0 Å². The molecule has 0 spiro atoms. The number of hydrogen-bond donors (Lipinski definition) is 1. The number of nitrogens with zero attached hydrogens (tertiary/aromatic N) is 3. The molecule has 1 N–H and O–H groups in total. The number of aromatic nitrogens is 2. The number of unbranched alkanes of at least 4 members (excludes halogenated alkanes) is 1. The molecule has 0 radical (unpaired) electrons. The zero-order chi connectivity index (χ0) is 11.8. The molecule has 5 heteroatoms. The fourth-order valence-corrected chi connectivity index (χ4v) is 1.70. The maximum Gasteiger partial charge on any atom is 0.130 e. The van der Waals surface area contributed by atoms with Crippen molar-refractivity contribution in [1.29, 1.82) is 0 Å². The molecule has 1 heterocycles. The van der Waals surface area contributed by atoms with Crippen LogP contribution in [0.1, 0.15) is 12.8 Å². The van der Waals surface area contributed by atoms with Crippen LogP contribution in [-0.4, -0.2) is 48.3 Å². The second-order valence-corrected chi connectivity index (χ2v) is 4.71. The second kappa shape index (κ2) is 7.46. The van der Waals surface area contributed by atoms with E-state index >= 15 is 0 Å². The summed E-state index contributed by atoms with van der Waals surface area (Å²) in [4.78, 5) is 10.5. The van der Waals surface area contributed by atoms with Crippen molar-refractivity contribution in [3.8, 4) is 0 Å². The Labute approximate surface area is 102 Å². The summed E-state index contributed by atoms with van der Waals surface area (Å²) < 4.78 is 0. The van der Waals surface area contributed by atoms with Crippen molar-refractivity contribution in [2.45, 2.75) is 17.9 Å². The molecule has 0 aliphatic carbocycles. The molecule has 0 aliphatic rings. The molecular weight excluding hydrogens is 220 g/mol. The molecule has 90 valence electrons. The molecule has 1 rings (SSSR count). The lowest BCUT2D eigenvalue weighted by molar-refractivity contribution is 0.396. The summed E-state index contributed by atoms with van der Waals surface area (Å²) in [7, 11) is 4.20. The van der Waals surface area contributed by atoms with E-state index in [9.17, 15) is 0 Å². The Morgan fingerprint density at radius 3 is 2.81 bits per heavy atom. The standard InChI is InChI=1S/C11H20N4S/c1-15(2)7-5-4-6-12-10-8-11(16-3)14-9-13-10/h8-9H,4-7H2,1-3H3,(H,12,13,14). The van der Waals surface area contributed by atoms with E-state index < -0.39 is 0 Å². The van der Waals surface area contributed by atoms with Crippen molar-refractivity contribution >= 4 is 17.6 Å².